The van der Waals surface area contributed by atoms with Gasteiger partial charge in [0.2, 0.25) is 11.8 Å². The summed E-state index contributed by atoms with van der Waals surface area (Å²) in [6.45, 7) is 6.49. The van der Waals surface area contributed by atoms with Gasteiger partial charge < -0.3 is 10.2 Å². The lowest BCUT2D eigenvalue weighted by Crippen LogP contribution is -2.40. The van der Waals surface area contributed by atoms with Gasteiger partial charge >= 0.3 is 0 Å². The first-order chi connectivity index (χ1) is 12.5. The van der Waals surface area contributed by atoms with Gasteiger partial charge in [-0.25, -0.2) is 0 Å². The number of anilines is 1. The Morgan fingerprint density at radius 2 is 1.92 bits per heavy atom. The van der Waals surface area contributed by atoms with E-state index in [1.165, 1.54) is 11.1 Å². The summed E-state index contributed by atoms with van der Waals surface area (Å²) in [6, 6.07) is 15.8. The van der Waals surface area contributed by atoms with E-state index in [-0.39, 0.29) is 24.3 Å². The van der Waals surface area contributed by atoms with Crippen LogP contribution in [0.4, 0.5) is 5.69 Å². The lowest BCUT2D eigenvalue weighted by atomic mass is 9.90. The highest BCUT2D eigenvalue weighted by Crippen LogP contribution is 2.32. The SMILES string of the molecule is CC(=O)N1CCc2ccccc2C1CC(=O)Nc1cccc(C(C)C)c1. The molecule has 0 radical (unpaired) electrons. The summed E-state index contributed by atoms with van der Waals surface area (Å²) < 4.78 is 0. The molecule has 4 nitrogen and oxygen atoms in total. The summed E-state index contributed by atoms with van der Waals surface area (Å²) in [5.74, 6) is 0.350. The molecular formula is C22H26N2O2. The monoisotopic (exact) mass is 350 g/mol. The second-order valence-corrected chi connectivity index (χ2v) is 7.21. The topological polar surface area (TPSA) is 49.4 Å². The van der Waals surface area contributed by atoms with Gasteiger partial charge in [0.1, 0.15) is 0 Å². The van der Waals surface area contributed by atoms with E-state index in [1.807, 2.05) is 41.3 Å². The first-order valence-corrected chi connectivity index (χ1v) is 9.20. The van der Waals surface area contributed by atoms with Crippen molar-refractivity contribution in [3.63, 3.8) is 0 Å². The first kappa shape index (κ1) is 18.2. The van der Waals surface area contributed by atoms with Crippen molar-refractivity contribution < 1.29 is 9.59 Å². The second-order valence-electron chi connectivity index (χ2n) is 7.21. The Morgan fingerprint density at radius 3 is 2.65 bits per heavy atom. The van der Waals surface area contributed by atoms with Crippen LogP contribution in [-0.4, -0.2) is 23.3 Å². The van der Waals surface area contributed by atoms with Crippen molar-refractivity contribution in [2.45, 2.75) is 45.6 Å². The number of carbonyl (C=O) groups excluding carboxylic acids is 2. The lowest BCUT2D eigenvalue weighted by Gasteiger charge is -2.36. The Bertz CT molecular complexity index is 813. The highest BCUT2D eigenvalue weighted by Gasteiger charge is 2.30. The highest BCUT2D eigenvalue weighted by molar-refractivity contribution is 5.91. The predicted molar refractivity (Wildman–Crippen MR) is 104 cm³/mol. The third-order valence-corrected chi connectivity index (χ3v) is 5.03. The molecule has 4 heteroatoms. The number of amides is 2. The first-order valence-electron chi connectivity index (χ1n) is 9.20. The Morgan fingerprint density at radius 1 is 1.15 bits per heavy atom. The van der Waals surface area contributed by atoms with E-state index in [1.54, 1.807) is 6.92 Å². The molecule has 1 unspecified atom stereocenters. The summed E-state index contributed by atoms with van der Waals surface area (Å²) >= 11 is 0. The molecule has 0 saturated heterocycles. The number of nitrogens with one attached hydrogen (secondary N) is 1. The van der Waals surface area contributed by atoms with Crippen LogP contribution in [0, 0.1) is 0 Å². The molecule has 26 heavy (non-hydrogen) atoms. The van der Waals surface area contributed by atoms with Crippen molar-refractivity contribution in [2.24, 2.45) is 0 Å². The third-order valence-electron chi connectivity index (χ3n) is 5.03. The summed E-state index contributed by atoms with van der Waals surface area (Å²) in [5, 5.41) is 3.00. The minimum atomic E-state index is -0.203. The van der Waals surface area contributed by atoms with Crippen molar-refractivity contribution in [3.8, 4) is 0 Å². The molecule has 1 heterocycles. The molecule has 2 amide bonds. The van der Waals surface area contributed by atoms with Gasteiger partial charge in [0.25, 0.3) is 0 Å². The molecule has 2 aromatic rings. The van der Waals surface area contributed by atoms with Crippen LogP contribution in [0.5, 0.6) is 0 Å². The molecule has 0 saturated carbocycles. The van der Waals surface area contributed by atoms with E-state index in [0.717, 1.165) is 17.7 Å². The molecule has 0 fully saturated rings. The normalized spacial score (nSPS) is 16.3. The molecule has 1 N–H and O–H groups in total. The summed E-state index contributed by atoms with van der Waals surface area (Å²) in [5.41, 5.74) is 4.31. The molecule has 0 aliphatic carbocycles. The molecule has 1 aliphatic rings. The third kappa shape index (κ3) is 3.96. The van der Waals surface area contributed by atoms with Crippen LogP contribution in [0.15, 0.2) is 48.5 Å². The molecule has 3 rings (SSSR count). The highest BCUT2D eigenvalue weighted by atomic mass is 16.2. The molecule has 0 aromatic heterocycles. The van der Waals surface area contributed by atoms with Gasteiger partial charge in [-0.15, -0.1) is 0 Å². The number of fused-ring (bicyclic) bond motifs is 1. The summed E-state index contributed by atoms with van der Waals surface area (Å²) in [6.07, 6.45) is 1.10. The average molecular weight is 350 g/mol. The quantitative estimate of drug-likeness (QED) is 0.894. The number of nitrogens with zero attached hydrogens (tertiary/aromatic N) is 1. The van der Waals surface area contributed by atoms with E-state index in [4.69, 9.17) is 0 Å². The van der Waals surface area contributed by atoms with Crippen molar-refractivity contribution in [1.82, 2.24) is 4.90 Å². The number of hydrogen-bond donors (Lipinski definition) is 1. The van der Waals surface area contributed by atoms with Crippen LogP contribution in [0.3, 0.4) is 0 Å². The van der Waals surface area contributed by atoms with Crippen LogP contribution in [-0.2, 0) is 16.0 Å². The Balaban J connectivity index is 1.78. The smallest absolute Gasteiger partial charge is 0.226 e. The largest absolute Gasteiger partial charge is 0.335 e. The van der Waals surface area contributed by atoms with Crippen molar-refractivity contribution in [1.29, 1.82) is 0 Å². The van der Waals surface area contributed by atoms with Crippen molar-refractivity contribution >= 4 is 17.5 Å². The van der Waals surface area contributed by atoms with Crippen LogP contribution < -0.4 is 5.32 Å². The molecule has 1 atom stereocenters. The average Bonchev–Trinajstić information content (AvgIpc) is 2.61. The van der Waals surface area contributed by atoms with Gasteiger partial charge in [0, 0.05) is 19.2 Å². The van der Waals surface area contributed by atoms with Crippen LogP contribution in [0.1, 0.15) is 55.8 Å². The minimum absolute atomic E-state index is 0.0131. The Labute approximate surface area is 155 Å². The molecule has 1 aliphatic heterocycles. The number of rotatable bonds is 4. The molecule has 136 valence electrons. The fraction of sp³-hybridized carbons (Fsp3) is 0.364. The fourth-order valence-electron chi connectivity index (χ4n) is 3.61. The second kappa shape index (κ2) is 7.73. The summed E-state index contributed by atoms with van der Waals surface area (Å²) in [7, 11) is 0. The maximum absolute atomic E-state index is 12.7. The van der Waals surface area contributed by atoms with E-state index < -0.39 is 0 Å². The van der Waals surface area contributed by atoms with Gasteiger partial charge in [-0.1, -0.05) is 50.2 Å². The van der Waals surface area contributed by atoms with Crippen molar-refractivity contribution in [2.75, 3.05) is 11.9 Å². The van der Waals surface area contributed by atoms with Gasteiger partial charge in [-0.3, -0.25) is 9.59 Å². The van der Waals surface area contributed by atoms with Gasteiger partial charge in [0.15, 0.2) is 0 Å². The van der Waals surface area contributed by atoms with Gasteiger partial charge in [-0.2, -0.15) is 0 Å². The van der Waals surface area contributed by atoms with E-state index >= 15 is 0 Å². The van der Waals surface area contributed by atoms with E-state index in [0.29, 0.717) is 12.5 Å². The zero-order valence-corrected chi connectivity index (χ0v) is 15.7. The zero-order valence-electron chi connectivity index (χ0n) is 15.7. The Kier molecular flexibility index (Phi) is 5.40. The van der Waals surface area contributed by atoms with E-state index in [9.17, 15) is 9.59 Å². The molecule has 0 spiro atoms. The number of carbonyl (C=O) groups is 2. The van der Waals surface area contributed by atoms with Gasteiger partial charge in [-0.05, 0) is 41.2 Å². The maximum Gasteiger partial charge on any atom is 0.226 e. The summed E-state index contributed by atoms with van der Waals surface area (Å²) in [4.78, 5) is 26.6. The standard InChI is InChI=1S/C22H26N2O2/c1-15(2)18-8-6-9-19(13-18)23-22(26)14-21-20-10-5-4-7-17(20)11-12-24(21)16(3)25/h4-10,13,15,21H,11-12,14H2,1-3H3,(H,23,26). The van der Waals surface area contributed by atoms with Crippen LogP contribution in [0.2, 0.25) is 0 Å². The number of hydrogen-bond acceptors (Lipinski definition) is 2. The Hall–Kier alpha value is -2.62. The van der Waals surface area contributed by atoms with Crippen molar-refractivity contribution in [3.05, 3.63) is 65.2 Å². The maximum atomic E-state index is 12.7. The molecule has 2 aromatic carbocycles. The van der Waals surface area contributed by atoms with E-state index in [2.05, 4.69) is 31.3 Å². The lowest BCUT2D eigenvalue weighted by molar-refractivity contribution is -0.132. The number of benzene rings is 2. The van der Waals surface area contributed by atoms with Crippen LogP contribution in [0.25, 0.3) is 0 Å². The van der Waals surface area contributed by atoms with Gasteiger partial charge in [0.05, 0.1) is 12.5 Å². The van der Waals surface area contributed by atoms with Crippen LogP contribution >= 0.6 is 0 Å². The minimum Gasteiger partial charge on any atom is -0.335 e. The fourth-order valence-corrected chi connectivity index (χ4v) is 3.61. The predicted octanol–water partition coefficient (Wildman–Crippen LogP) is 4.28. The zero-order chi connectivity index (χ0) is 18.7. The molecular weight excluding hydrogens is 324 g/mol. The molecule has 0 bridgehead atoms.